The number of anilines is 1. The Hall–Kier alpha value is -3.27. The van der Waals surface area contributed by atoms with Crippen LogP contribution in [0.15, 0.2) is 72.8 Å². The molecule has 0 saturated heterocycles. The van der Waals surface area contributed by atoms with E-state index in [0.29, 0.717) is 17.3 Å². The Balaban J connectivity index is 2.05. The molecule has 3 rings (SSSR count). The lowest BCUT2D eigenvalue weighted by atomic mass is 10.0. The van der Waals surface area contributed by atoms with E-state index in [2.05, 4.69) is 5.32 Å². The molecule has 2 amide bonds. The number of rotatable bonds is 13. The number of benzene rings is 3. The van der Waals surface area contributed by atoms with Gasteiger partial charge < -0.3 is 15.0 Å². The van der Waals surface area contributed by atoms with Crippen molar-refractivity contribution < 1.29 is 22.7 Å². The maximum Gasteiger partial charge on any atom is 0.244 e. The number of methoxy groups -OCH3 is 1. The molecule has 0 radical (unpaired) electrons. The Kier molecular flexibility index (Phi) is 11.5. The summed E-state index contributed by atoms with van der Waals surface area (Å²) >= 11 is 12.4. The highest BCUT2D eigenvalue weighted by molar-refractivity contribution is 7.92. The fraction of sp³-hybridized carbons (Fsp3) is 0.333. The average molecular weight is 621 g/mol. The van der Waals surface area contributed by atoms with Gasteiger partial charge in [-0.3, -0.25) is 13.9 Å². The number of carbonyl (C=O) groups is 2. The molecule has 0 bridgehead atoms. The zero-order valence-corrected chi connectivity index (χ0v) is 25.8. The second-order valence-electron chi connectivity index (χ2n) is 10.1. The molecule has 11 heteroatoms. The van der Waals surface area contributed by atoms with E-state index in [1.165, 1.54) is 30.2 Å². The van der Waals surface area contributed by atoms with Crippen LogP contribution in [0.1, 0.15) is 25.0 Å². The molecule has 1 N–H and O–H groups in total. The van der Waals surface area contributed by atoms with E-state index in [1.807, 2.05) is 44.2 Å². The van der Waals surface area contributed by atoms with Crippen LogP contribution in [0.3, 0.4) is 0 Å². The smallest absolute Gasteiger partial charge is 0.244 e. The highest BCUT2D eigenvalue weighted by Gasteiger charge is 2.33. The van der Waals surface area contributed by atoms with Crippen molar-refractivity contribution in [2.24, 2.45) is 5.92 Å². The van der Waals surface area contributed by atoms with Gasteiger partial charge in [-0.25, -0.2) is 8.42 Å². The van der Waals surface area contributed by atoms with Crippen molar-refractivity contribution >= 4 is 50.7 Å². The number of halogens is 2. The van der Waals surface area contributed by atoms with Crippen molar-refractivity contribution in [1.29, 1.82) is 0 Å². The number of carbonyl (C=O) groups excluding carboxylic acids is 2. The Morgan fingerprint density at radius 3 is 2.17 bits per heavy atom. The Morgan fingerprint density at radius 2 is 1.61 bits per heavy atom. The van der Waals surface area contributed by atoms with Crippen molar-refractivity contribution in [3.05, 3.63) is 94.0 Å². The highest BCUT2D eigenvalue weighted by Crippen LogP contribution is 2.30. The summed E-state index contributed by atoms with van der Waals surface area (Å²) < 4.78 is 32.0. The third-order valence-electron chi connectivity index (χ3n) is 6.32. The number of ether oxygens (including phenoxy) is 1. The highest BCUT2D eigenvalue weighted by atomic mass is 35.5. The minimum Gasteiger partial charge on any atom is -0.495 e. The Bertz CT molecular complexity index is 1430. The van der Waals surface area contributed by atoms with Crippen LogP contribution in [0.2, 0.25) is 10.0 Å². The molecule has 1 atom stereocenters. The summed E-state index contributed by atoms with van der Waals surface area (Å²) in [6.07, 6.45) is 1.25. The number of hydrogen-bond donors (Lipinski definition) is 1. The van der Waals surface area contributed by atoms with Crippen LogP contribution in [-0.4, -0.2) is 57.6 Å². The predicted octanol–water partition coefficient (Wildman–Crippen LogP) is 5.18. The lowest BCUT2D eigenvalue weighted by Crippen LogP contribution is -2.53. The van der Waals surface area contributed by atoms with Gasteiger partial charge in [-0.2, -0.15) is 0 Å². The maximum atomic E-state index is 14.1. The van der Waals surface area contributed by atoms with Crippen LogP contribution in [0.5, 0.6) is 5.75 Å². The number of amides is 2. The van der Waals surface area contributed by atoms with Gasteiger partial charge in [0.25, 0.3) is 0 Å². The molecule has 0 aromatic heterocycles. The zero-order chi connectivity index (χ0) is 30.2. The second-order valence-corrected chi connectivity index (χ2v) is 12.8. The first-order valence-corrected chi connectivity index (χ1v) is 15.7. The summed E-state index contributed by atoms with van der Waals surface area (Å²) in [5.74, 6) is -0.331. The third-order valence-corrected chi connectivity index (χ3v) is 8.01. The van der Waals surface area contributed by atoms with Crippen LogP contribution in [-0.2, 0) is 32.6 Å². The molecule has 8 nitrogen and oxygen atoms in total. The number of nitrogens with zero attached hydrogens (tertiary/aromatic N) is 2. The maximum absolute atomic E-state index is 14.1. The molecule has 1 unspecified atom stereocenters. The van der Waals surface area contributed by atoms with Crippen LogP contribution in [0, 0.1) is 5.92 Å². The Labute approximate surface area is 252 Å². The number of hydrogen-bond acceptors (Lipinski definition) is 5. The largest absolute Gasteiger partial charge is 0.495 e. The van der Waals surface area contributed by atoms with Gasteiger partial charge in [-0.15, -0.1) is 0 Å². The molecular weight excluding hydrogens is 585 g/mol. The van der Waals surface area contributed by atoms with E-state index in [9.17, 15) is 18.0 Å². The first-order valence-electron chi connectivity index (χ1n) is 13.1. The molecule has 3 aromatic rings. The first kappa shape index (κ1) is 32.2. The van der Waals surface area contributed by atoms with Crippen LogP contribution < -0.4 is 14.4 Å². The van der Waals surface area contributed by atoms with Gasteiger partial charge >= 0.3 is 0 Å². The molecule has 0 aliphatic carbocycles. The molecule has 0 aliphatic rings. The van der Waals surface area contributed by atoms with Gasteiger partial charge in [0.1, 0.15) is 18.3 Å². The second kappa shape index (κ2) is 14.6. The summed E-state index contributed by atoms with van der Waals surface area (Å²) in [4.78, 5) is 29.1. The van der Waals surface area contributed by atoms with E-state index in [0.717, 1.165) is 21.7 Å². The van der Waals surface area contributed by atoms with Crippen LogP contribution in [0.4, 0.5) is 5.69 Å². The number of sulfonamides is 1. The quantitative estimate of drug-likeness (QED) is 0.284. The molecule has 0 aliphatic heterocycles. The van der Waals surface area contributed by atoms with Crippen molar-refractivity contribution in [1.82, 2.24) is 10.2 Å². The number of nitrogens with one attached hydrogen (secondary N) is 1. The van der Waals surface area contributed by atoms with E-state index in [1.54, 1.807) is 24.3 Å². The summed E-state index contributed by atoms with van der Waals surface area (Å²) in [7, 11) is -2.47. The van der Waals surface area contributed by atoms with Crippen LogP contribution in [0.25, 0.3) is 0 Å². The first-order chi connectivity index (χ1) is 19.4. The molecule has 0 heterocycles. The fourth-order valence-corrected chi connectivity index (χ4v) is 5.41. The SMILES string of the molecule is COc1ccc(N(CC(=O)N(Cc2ccc(Cl)cc2)C(Cc2ccccc2)C(=O)NCC(C)C)S(C)(=O)=O)cc1Cl. The normalized spacial score (nSPS) is 12.1. The molecule has 3 aromatic carbocycles. The lowest BCUT2D eigenvalue weighted by Gasteiger charge is -2.33. The molecular formula is C30H35Cl2N3O5S. The Morgan fingerprint density at radius 1 is 0.951 bits per heavy atom. The summed E-state index contributed by atoms with van der Waals surface area (Å²) in [5.41, 5.74) is 1.78. The topological polar surface area (TPSA) is 96.0 Å². The van der Waals surface area contributed by atoms with Crippen molar-refractivity contribution in [2.75, 3.05) is 30.8 Å². The molecule has 41 heavy (non-hydrogen) atoms. The van der Waals surface area contributed by atoms with E-state index in [4.69, 9.17) is 27.9 Å². The van der Waals surface area contributed by atoms with Gasteiger partial charge in [-0.1, -0.05) is 79.5 Å². The van der Waals surface area contributed by atoms with Gasteiger partial charge in [0.2, 0.25) is 21.8 Å². The van der Waals surface area contributed by atoms with Crippen molar-refractivity contribution in [2.45, 2.75) is 32.9 Å². The summed E-state index contributed by atoms with van der Waals surface area (Å²) in [6, 6.07) is 19.9. The molecule has 0 spiro atoms. The summed E-state index contributed by atoms with van der Waals surface area (Å²) in [6.45, 7) is 3.90. The minimum atomic E-state index is -3.92. The van der Waals surface area contributed by atoms with Crippen LogP contribution >= 0.6 is 23.2 Å². The lowest BCUT2D eigenvalue weighted by molar-refractivity contribution is -0.140. The minimum absolute atomic E-state index is 0.0591. The van der Waals surface area contributed by atoms with E-state index >= 15 is 0 Å². The predicted molar refractivity (Wildman–Crippen MR) is 164 cm³/mol. The van der Waals surface area contributed by atoms with Gasteiger partial charge in [-0.05, 0) is 47.4 Å². The molecule has 0 fully saturated rings. The monoisotopic (exact) mass is 619 g/mol. The van der Waals surface area contributed by atoms with Gasteiger partial charge in [0.05, 0.1) is 24.1 Å². The van der Waals surface area contributed by atoms with E-state index < -0.39 is 28.5 Å². The third kappa shape index (κ3) is 9.38. The standard InChI is InChI=1S/C30H35Cl2N3O5S/c1-21(2)18-33-30(37)27(16-22-8-6-5-7-9-22)34(19-23-10-12-24(31)13-11-23)29(36)20-35(41(4,38)39)25-14-15-28(40-3)26(32)17-25/h5-15,17,21,27H,16,18-20H2,1-4H3,(H,33,37). The van der Waals surface area contributed by atoms with E-state index in [-0.39, 0.29) is 35.5 Å². The summed E-state index contributed by atoms with van der Waals surface area (Å²) in [5, 5.41) is 3.67. The van der Waals surface area contributed by atoms with Crippen molar-refractivity contribution in [3.8, 4) is 5.75 Å². The average Bonchev–Trinajstić information content (AvgIpc) is 2.93. The van der Waals surface area contributed by atoms with Gasteiger partial charge in [0, 0.05) is 24.5 Å². The molecule has 220 valence electrons. The fourth-order valence-electron chi connectivity index (χ4n) is 4.19. The zero-order valence-electron chi connectivity index (χ0n) is 23.5. The van der Waals surface area contributed by atoms with Crippen molar-refractivity contribution in [3.63, 3.8) is 0 Å². The van der Waals surface area contributed by atoms with Gasteiger partial charge in [0.15, 0.2) is 0 Å². The molecule has 0 saturated carbocycles.